The molecule has 0 aliphatic carbocycles. The third-order valence-corrected chi connectivity index (χ3v) is 1.88. The van der Waals surface area contributed by atoms with Gasteiger partial charge in [-0.15, -0.1) is 20.2 Å². The highest BCUT2D eigenvalue weighted by Gasteiger charge is 1.96. The molecule has 0 aromatic rings. The summed E-state index contributed by atoms with van der Waals surface area (Å²) in [4.78, 5) is 26.2. The Hall–Kier alpha value is -1.86. The van der Waals surface area contributed by atoms with Crippen molar-refractivity contribution < 1.29 is 19.8 Å². The molecule has 106 valence electrons. The minimum Gasteiger partial charge on any atom is -0.312 e. The van der Waals surface area contributed by atoms with Gasteiger partial charge in [0.2, 0.25) is 0 Å². The van der Waals surface area contributed by atoms with E-state index in [1.807, 2.05) is 0 Å². The quantitative estimate of drug-likeness (QED) is 0.289. The monoisotopic (exact) mass is 264 g/mol. The average molecular weight is 264 g/mol. The van der Waals surface area contributed by atoms with E-state index in [4.69, 9.17) is 0 Å². The Morgan fingerprint density at radius 1 is 1.00 bits per heavy atom. The molecule has 0 aromatic carbocycles. The van der Waals surface area contributed by atoms with E-state index < -0.39 is 23.4 Å². The van der Waals surface area contributed by atoms with Gasteiger partial charge in [0.25, 0.3) is 10.2 Å². The second kappa shape index (κ2) is 13.2. The van der Waals surface area contributed by atoms with E-state index in [9.17, 15) is 20.2 Å². The van der Waals surface area contributed by atoms with Crippen molar-refractivity contribution in [3.8, 4) is 0 Å². The lowest BCUT2D eigenvalue weighted by Crippen LogP contribution is -2.11. The van der Waals surface area contributed by atoms with E-state index in [0.29, 0.717) is 0 Å². The van der Waals surface area contributed by atoms with Crippen molar-refractivity contribution >= 4 is 0 Å². The van der Waals surface area contributed by atoms with Gasteiger partial charge in [0, 0.05) is 0 Å². The van der Waals surface area contributed by atoms with Crippen LogP contribution in [0.1, 0.15) is 40.0 Å². The fourth-order valence-electron chi connectivity index (χ4n) is 1.05. The summed E-state index contributed by atoms with van der Waals surface area (Å²) < 4.78 is 0. The maximum absolute atomic E-state index is 9.40. The summed E-state index contributed by atoms with van der Waals surface area (Å²) in [6, 6.07) is 0. The maximum Gasteiger partial charge on any atom is 0.294 e. The van der Waals surface area contributed by atoms with Crippen LogP contribution in [0, 0.1) is 20.2 Å². The molecule has 0 N–H and O–H groups in total. The van der Waals surface area contributed by atoms with Crippen LogP contribution in [-0.4, -0.2) is 23.4 Å². The van der Waals surface area contributed by atoms with Crippen LogP contribution in [0.25, 0.3) is 0 Å². The zero-order valence-electron chi connectivity index (χ0n) is 11.0. The van der Waals surface area contributed by atoms with E-state index in [2.05, 4.69) is 36.5 Å². The van der Waals surface area contributed by atoms with Gasteiger partial charge in [-0.1, -0.05) is 32.4 Å². The molecular formula is C10H20N2O6. The number of hydrogen-bond acceptors (Lipinski definition) is 6. The summed E-state index contributed by atoms with van der Waals surface area (Å²) in [5.74, 6) is 0. The van der Waals surface area contributed by atoms with Crippen LogP contribution >= 0.6 is 0 Å². The van der Waals surface area contributed by atoms with Gasteiger partial charge >= 0.3 is 0 Å². The summed E-state index contributed by atoms with van der Waals surface area (Å²) >= 11 is 0. The van der Waals surface area contributed by atoms with Crippen LogP contribution in [0.4, 0.5) is 0 Å². The van der Waals surface area contributed by atoms with Crippen molar-refractivity contribution in [1.29, 1.82) is 0 Å². The lowest BCUT2D eigenvalue weighted by atomic mass is 10.1. The Morgan fingerprint density at radius 2 is 1.39 bits per heavy atom. The van der Waals surface area contributed by atoms with Gasteiger partial charge in [-0.05, 0) is 19.3 Å². The first-order valence-corrected chi connectivity index (χ1v) is 5.70. The number of nitrogens with zero attached hydrogens (tertiary/aromatic N) is 2. The van der Waals surface area contributed by atoms with Crippen LogP contribution in [0.15, 0.2) is 11.6 Å². The van der Waals surface area contributed by atoms with Gasteiger partial charge in [0.1, 0.15) is 13.2 Å². The molecule has 0 bridgehead atoms. The van der Waals surface area contributed by atoms with Crippen molar-refractivity contribution in [2.24, 2.45) is 0 Å². The highest BCUT2D eigenvalue weighted by atomic mass is 17.0. The summed E-state index contributed by atoms with van der Waals surface area (Å²) in [5, 5.41) is 16.7. The van der Waals surface area contributed by atoms with E-state index in [0.717, 1.165) is 0 Å². The van der Waals surface area contributed by atoms with Crippen LogP contribution in [0.2, 0.25) is 0 Å². The summed E-state index contributed by atoms with van der Waals surface area (Å²) in [6.45, 7) is 5.74. The van der Waals surface area contributed by atoms with Gasteiger partial charge in [0.05, 0.1) is 0 Å². The summed E-state index contributed by atoms with van der Waals surface area (Å²) in [7, 11) is 0. The molecule has 0 rings (SSSR count). The molecule has 0 saturated heterocycles. The van der Waals surface area contributed by atoms with Crippen molar-refractivity contribution in [1.82, 2.24) is 0 Å². The summed E-state index contributed by atoms with van der Waals surface area (Å²) in [5.41, 5.74) is 1.59. The van der Waals surface area contributed by atoms with Gasteiger partial charge < -0.3 is 9.68 Å². The zero-order chi connectivity index (χ0) is 14.4. The number of allylic oxidation sites excluding steroid dienone is 2. The van der Waals surface area contributed by atoms with Crippen LogP contribution in [-0.2, 0) is 9.68 Å². The average Bonchev–Trinajstić information content (AvgIpc) is 2.32. The molecule has 0 atom stereocenters. The third-order valence-electron chi connectivity index (χ3n) is 1.88. The molecule has 18 heavy (non-hydrogen) atoms. The first-order chi connectivity index (χ1) is 8.47. The first-order valence-electron chi connectivity index (χ1n) is 5.70. The van der Waals surface area contributed by atoms with E-state index >= 15 is 0 Å². The Labute approximate surface area is 106 Å². The normalized spacial score (nSPS) is 8.61. The molecule has 8 nitrogen and oxygen atoms in total. The Kier molecular flexibility index (Phi) is 13.6. The smallest absolute Gasteiger partial charge is 0.294 e. The minimum absolute atomic E-state index is 0.437. The van der Waals surface area contributed by atoms with Crippen molar-refractivity contribution in [2.45, 2.75) is 40.0 Å². The Balaban J connectivity index is 0. The largest absolute Gasteiger partial charge is 0.312 e. The van der Waals surface area contributed by atoms with Crippen LogP contribution in [0.5, 0.6) is 0 Å². The van der Waals surface area contributed by atoms with Crippen molar-refractivity contribution in [3.05, 3.63) is 31.9 Å². The second-order valence-corrected chi connectivity index (χ2v) is 3.09. The molecule has 0 aliphatic heterocycles. The Bertz CT molecular complexity index is 245. The third kappa shape index (κ3) is 16.6. The van der Waals surface area contributed by atoms with Gasteiger partial charge in [-0.2, -0.15) is 0 Å². The SMILES string of the molecule is CCC=C(CC)CC.O=[N+]([O-])OCCO[N+](=O)[O-]. The lowest BCUT2D eigenvalue weighted by molar-refractivity contribution is -0.780. The fourth-order valence-corrected chi connectivity index (χ4v) is 1.05. The van der Waals surface area contributed by atoms with E-state index in [1.54, 1.807) is 5.57 Å². The molecule has 0 heterocycles. The minimum atomic E-state index is -1.05. The highest BCUT2D eigenvalue weighted by molar-refractivity contribution is 4.99. The molecule has 0 aliphatic rings. The van der Waals surface area contributed by atoms with E-state index in [-0.39, 0.29) is 0 Å². The topological polar surface area (TPSA) is 105 Å². The Morgan fingerprint density at radius 3 is 1.56 bits per heavy atom. The highest BCUT2D eigenvalue weighted by Crippen LogP contribution is 2.05. The molecule has 0 unspecified atom stereocenters. The van der Waals surface area contributed by atoms with Gasteiger partial charge in [-0.3, -0.25) is 0 Å². The van der Waals surface area contributed by atoms with Crippen molar-refractivity contribution in [2.75, 3.05) is 13.2 Å². The van der Waals surface area contributed by atoms with Crippen LogP contribution < -0.4 is 0 Å². The van der Waals surface area contributed by atoms with Crippen LogP contribution in [0.3, 0.4) is 0 Å². The predicted molar refractivity (Wildman–Crippen MR) is 64.8 cm³/mol. The molecule has 0 aromatic heterocycles. The standard InChI is InChI=1S/C8H16.C2H4N2O6/c1-4-7-8(5-2)6-3;5-3(6)9-1-2-10-4(7)8/h7H,4-6H2,1-3H3;1-2H2. The molecule has 0 spiro atoms. The maximum atomic E-state index is 9.40. The predicted octanol–water partition coefficient (Wildman–Crippen LogP) is 2.55. The molecule has 0 saturated carbocycles. The van der Waals surface area contributed by atoms with E-state index in [1.165, 1.54) is 19.3 Å². The van der Waals surface area contributed by atoms with Gasteiger partial charge in [-0.25, -0.2) is 0 Å². The first kappa shape index (κ1) is 18.5. The fraction of sp³-hybridized carbons (Fsp3) is 0.800. The second-order valence-electron chi connectivity index (χ2n) is 3.09. The van der Waals surface area contributed by atoms with Crippen molar-refractivity contribution in [3.63, 3.8) is 0 Å². The molecule has 0 fully saturated rings. The molecule has 0 radical (unpaired) electrons. The zero-order valence-corrected chi connectivity index (χ0v) is 11.0. The van der Waals surface area contributed by atoms with Gasteiger partial charge in [0.15, 0.2) is 0 Å². The number of rotatable bonds is 8. The number of hydrogen-bond donors (Lipinski definition) is 0. The lowest BCUT2D eigenvalue weighted by Gasteiger charge is -1.95. The molecule has 0 amide bonds. The molecular weight excluding hydrogens is 244 g/mol. The summed E-state index contributed by atoms with van der Waals surface area (Å²) in [6.07, 6.45) is 5.96. The molecule has 8 heteroatoms.